The fourth-order valence-corrected chi connectivity index (χ4v) is 2.16. The van der Waals surface area contributed by atoms with E-state index in [0.29, 0.717) is 6.61 Å². The quantitative estimate of drug-likeness (QED) is 0.812. The number of hydrogen-bond acceptors (Lipinski definition) is 3. The number of fused-ring (bicyclic) bond motifs is 1. The molecule has 0 saturated carbocycles. The molecule has 0 aliphatic rings. The first-order valence-corrected chi connectivity index (χ1v) is 6.24. The number of halogens is 1. The van der Waals surface area contributed by atoms with Gasteiger partial charge in [0.05, 0.1) is 13.0 Å². The summed E-state index contributed by atoms with van der Waals surface area (Å²) in [4.78, 5) is 11.5. The highest BCUT2D eigenvalue weighted by molar-refractivity contribution is 9.10. The van der Waals surface area contributed by atoms with Crippen molar-refractivity contribution in [3.05, 3.63) is 34.0 Å². The van der Waals surface area contributed by atoms with Crippen LogP contribution in [-0.4, -0.2) is 12.6 Å². The highest BCUT2D eigenvalue weighted by Crippen LogP contribution is 2.28. The summed E-state index contributed by atoms with van der Waals surface area (Å²) in [7, 11) is 0. The van der Waals surface area contributed by atoms with Gasteiger partial charge in [-0.3, -0.25) is 4.79 Å². The van der Waals surface area contributed by atoms with Crippen molar-refractivity contribution < 1.29 is 13.9 Å². The largest absolute Gasteiger partial charge is 0.466 e. The van der Waals surface area contributed by atoms with Crippen LogP contribution in [0.25, 0.3) is 11.0 Å². The second-order valence-corrected chi connectivity index (χ2v) is 4.67. The van der Waals surface area contributed by atoms with Gasteiger partial charge in [-0.15, -0.1) is 0 Å². The molecular weight excluding hydrogens is 284 g/mol. The van der Waals surface area contributed by atoms with Crippen LogP contribution in [0.4, 0.5) is 0 Å². The molecule has 1 heterocycles. The zero-order valence-corrected chi connectivity index (χ0v) is 11.3. The van der Waals surface area contributed by atoms with Crippen LogP contribution in [0, 0.1) is 6.92 Å². The van der Waals surface area contributed by atoms with Gasteiger partial charge in [0.15, 0.2) is 0 Å². The summed E-state index contributed by atoms with van der Waals surface area (Å²) in [5, 5.41) is 0.971. The Balaban J connectivity index is 2.39. The molecule has 0 aliphatic heterocycles. The first-order chi connectivity index (χ1) is 8.11. The van der Waals surface area contributed by atoms with Crippen molar-refractivity contribution in [2.24, 2.45) is 0 Å². The number of aryl methyl sites for hydroxylation is 1. The van der Waals surface area contributed by atoms with E-state index < -0.39 is 0 Å². The summed E-state index contributed by atoms with van der Waals surface area (Å²) < 4.78 is 11.5. The SMILES string of the molecule is CCOC(=O)Cc1c(C)oc2cc(Br)ccc12. The van der Waals surface area contributed by atoms with Gasteiger partial charge in [0, 0.05) is 15.4 Å². The van der Waals surface area contributed by atoms with Gasteiger partial charge in [0.1, 0.15) is 11.3 Å². The molecule has 0 atom stereocenters. The van der Waals surface area contributed by atoms with Crippen molar-refractivity contribution >= 4 is 32.9 Å². The number of carbonyl (C=O) groups is 1. The van der Waals surface area contributed by atoms with Crippen LogP contribution in [-0.2, 0) is 16.0 Å². The lowest BCUT2D eigenvalue weighted by Gasteiger charge is -2.01. The Labute approximate surface area is 108 Å². The Morgan fingerprint density at radius 2 is 2.24 bits per heavy atom. The molecule has 2 aromatic rings. The summed E-state index contributed by atoms with van der Waals surface area (Å²) in [5.74, 6) is 0.548. The van der Waals surface area contributed by atoms with E-state index in [1.807, 2.05) is 25.1 Å². The van der Waals surface area contributed by atoms with Crippen LogP contribution in [0.2, 0.25) is 0 Å². The first kappa shape index (κ1) is 12.2. The molecule has 0 fully saturated rings. The maximum absolute atomic E-state index is 11.5. The van der Waals surface area contributed by atoms with Crippen LogP contribution < -0.4 is 0 Å². The molecule has 1 aromatic carbocycles. The molecule has 90 valence electrons. The van der Waals surface area contributed by atoms with E-state index in [1.54, 1.807) is 6.92 Å². The second kappa shape index (κ2) is 4.92. The number of ether oxygens (including phenoxy) is 1. The van der Waals surface area contributed by atoms with Gasteiger partial charge in [0.25, 0.3) is 0 Å². The molecule has 0 radical (unpaired) electrons. The normalized spacial score (nSPS) is 10.8. The molecule has 17 heavy (non-hydrogen) atoms. The van der Waals surface area contributed by atoms with Gasteiger partial charge in [-0.05, 0) is 32.0 Å². The van der Waals surface area contributed by atoms with Crippen LogP contribution in [0.15, 0.2) is 27.1 Å². The number of esters is 1. The fraction of sp³-hybridized carbons (Fsp3) is 0.308. The molecule has 0 N–H and O–H groups in total. The molecular formula is C13H13BrO3. The van der Waals surface area contributed by atoms with E-state index in [2.05, 4.69) is 15.9 Å². The summed E-state index contributed by atoms with van der Waals surface area (Å²) in [6.07, 6.45) is 0.258. The van der Waals surface area contributed by atoms with E-state index in [1.165, 1.54) is 0 Å². The second-order valence-electron chi connectivity index (χ2n) is 3.76. The van der Waals surface area contributed by atoms with Gasteiger partial charge >= 0.3 is 5.97 Å². The Hall–Kier alpha value is -1.29. The third-order valence-electron chi connectivity index (χ3n) is 2.58. The number of benzene rings is 1. The van der Waals surface area contributed by atoms with Crippen molar-refractivity contribution in [1.29, 1.82) is 0 Å². The Morgan fingerprint density at radius 3 is 2.94 bits per heavy atom. The summed E-state index contributed by atoms with van der Waals surface area (Å²) >= 11 is 3.39. The van der Waals surface area contributed by atoms with E-state index in [-0.39, 0.29) is 12.4 Å². The summed E-state index contributed by atoms with van der Waals surface area (Å²) in [5.41, 5.74) is 1.70. The molecule has 1 aromatic heterocycles. The maximum Gasteiger partial charge on any atom is 0.310 e. The fourth-order valence-electron chi connectivity index (χ4n) is 1.82. The highest BCUT2D eigenvalue weighted by Gasteiger charge is 2.15. The summed E-state index contributed by atoms with van der Waals surface area (Å²) in [6.45, 7) is 4.07. The van der Waals surface area contributed by atoms with Crippen molar-refractivity contribution in [3.63, 3.8) is 0 Å². The zero-order valence-electron chi connectivity index (χ0n) is 9.75. The lowest BCUT2D eigenvalue weighted by atomic mass is 10.1. The number of rotatable bonds is 3. The topological polar surface area (TPSA) is 39.4 Å². The van der Waals surface area contributed by atoms with Gasteiger partial charge in [0.2, 0.25) is 0 Å². The maximum atomic E-state index is 11.5. The monoisotopic (exact) mass is 296 g/mol. The molecule has 0 unspecified atom stereocenters. The lowest BCUT2D eigenvalue weighted by molar-refractivity contribution is -0.142. The minimum Gasteiger partial charge on any atom is -0.466 e. The van der Waals surface area contributed by atoms with Crippen LogP contribution in [0.5, 0.6) is 0 Å². The third kappa shape index (κ3) is 2.52. The Kier molecular flexibility index (Phi) is 3.52. The molecule has 0 bridgehead atoms. The molecule has 2 rings (SSSR count). The van der Waals surface area contributed by atoms with Gasteiger partial charge in [-0.1, -0.05) is 15.9 Å². The number of hydrogen-bond donors (Lipinski definition) is 0. The van der Waals surface area contributed by atoms with Gasteiger partial charge in [-0.25, -0.2) is 0 Å². The standard InChI is InChI=1S/C13H13BrO3/c1-3-16-13(15)7-11-8(2)17-12-6-9(14)4-5-10(11)12/h4-6H,3,7H2,1-2H3. The van der Waals surface area contributed by atoms with Crippen molar-refractivity contribution in [2.75, 3.05) is 6.61 Å². The van der Waals surface area contributed by atoms with Crippen molar-refractivity contribution in [3.8, 4) is 0 Å². The Bertz CT molecular complexity index is 557. The smallest absolute Gasteiger partial charge is 0.310 e. The van der Waals surface area contributed by atoms with Crippen LogP contribution in [0.1, 0.15) is 18.2 Å². The van der Waals surface area contributed by atoms with Crippen LogP contribution in [0.3, 0.4) is 0 Å². The minimum absolute atomic E-state index is 0.221. The molecule has 0 amide bonds. The average Bonchev–Trinajstić information content (AvgIpc) is 2.55. The molecule has 0 spiro atoms. The van der Waals surface area contributed by atoms with Crippen molar-refractivity contribution in [1.82, 2.24) is 0 Å². The predicted octanol–water partition coefficient (Wildman–Crippen LogP) is 3.61. The van der Waals surface area contributed by atoms with E-state index >= 15 is 0 Å². The summed E-state index contributed by atoms with van der Waals surface area (Å²) in [6, 6.07) is 5.79. The number of furan rings is 1. The van der Waals surface area contributed by atoms with Crippen LogP contribution >= 0.6 is 15.9 Å². The average molecular weight is 297 g/mol. The molecule has 0 saturated heterocycles. The molecule has 0 aliphatic carbocycles. The minimum atomic E-state index is -0.221. The van der Waals surface area contributed by atoms with Gasteiger partial charge in [-0.2, -0.15) is 0 Å². The first-order valence-electron chi connectivity index (χ1n) is 5.45. The third-order valence-corrected chi connectivity index (χ3v) is 3.08. The zero-order chi connectivity index (χ0) is 12.4. The van der Waals surface area contributed by atoms with Crippen molar-refractivity contribution in [2.45, 2.75) is 20.3 Å². The van der Waals surface area contributed by atoms with E-state index in [9.17, 15) is 4.79 Å². The Morgan fingerprint density at radius 1 is 1.47 bits per heavy atom. The van der Waals surface area contributed by atoms with Gasteiger partial charge < -0.3 is 9.15 Å². The van der Waals surface area contributed by atoms with E-state index in [4.69, 9.17) is 9.15 Å². The molecule has 4 heteroatoms. The lowest BCUT2D eigenvalue weighted by Crippen LogP contribution is -2.07. The number of carbonyl (C=O) groups excluding carboxylic acids is 1. The van der Waals surface area contributed by atoms with E-state index in [0.717, 1.165) is 26.8 Å². The predicted molar refractivity (Wildman–Crippen MR) is 69.0 cm³/mol. The highest BCUT2D eigenvalue weighted by atomic mass is 79.9. The molecule has 3 nitrogen and oxygen atoms in total.